The summed E-state index contributed by atoms with van der Waals surface area (Å²) in [5, 5.41) is 0.0760. The average molecular weight is 377 g/mol. The van der Waals surface area contributed by atoms with Gasteiger partial charge in [-0.15, -0.1) is 0 Å². The van der Waals surface area contributed by atoms with Crippen LogP contribution in [0, 0.1) is 5.92 Å². The second-order valence-corrected chi connectivity index (χ2v) is 9.08. The van der Waals surface area contributed by atoms with Gasteiger partial charge in [0.2, 0.25) is 5.16 Å². The molecule has 9 heteroatoms. The third kappa shape index (κ3) is 3.33. The highest BCUT2D eigenvalue weighted by atomic mass is 32.2. The van der Waals surface area contributed by atoms with Crippen LogP contribution in [0.1, 0.15) is 37.3 Å². The zero-order valence-electron chi connectivity index (χ0n) is 14.8. The molecule has 1 saturated heterocycles. The minimum Gasteiger partial charge on any atom is -0.324 e. The van der Waals surface area contributed by atoms with Crippen LogP contribution in [0.25, 0.3) is 0 Å². The smallest absolute Gasteiger partial charge is 0.276 e. The van der Waals surface area contributed by atoms with E-state index in [0.29, 0.717) is 25.6 Å². The van der Waals surface area contributed by atoms with E-state index in [1.807, 2.05) is 0 Å². The molecular formula is C17H23N5O3S. The third-order valence-corrected chi connectivity index (χ3v) is 7.17. The third-order valence-electron chi connectivity index (χ3n) is 5.27. The molecule has 1 saturated carbocycles. The maximum absolute atomic E-state index is 12.7. The number of hydrogen-bond acceptors (Lipinski definition) is 5. The summed E-state index contributed by atoms with van der Waals surface area (Å²) in [4.78, 5) is 20.6. The number of nitrogens with zero attached hydrogens (tertiary/aromatic N) is 5. The molecule has 0 radical (unpaired) electrons. The highest BCUT2D eigenvalue weighted by molar-refractivity contribution is 7.89. The lowest BCUT2D eigenvalue weighted by Crippen LogP contribution is -2.40. The van der Waals surface area contributed by atoms with Crippen molar-refractivity contribution in [3.05, 3.63) is 40.8 Å². The van der Waals surface area contributed by atoms with Crippen molar-refractivity contribution in [2.45, 2.75) is 43.3 Å². The molecule has 0 amide bonds. The van der Waals surface area contributed by atoms with E-state index in [1.54, 1.807) is 30.2 Å². The van der Waals surface area contributed by atoms with Crippen molar-refractivity contribution in [2.24, 2.45) is 13.0 Å². The van der Waals surface area contributed by atoms with Crippen molar-refractivity contribution in [2.75, 3.05) is 13.1 Å². The van der Waals surface area contributed by atoms with Crippen molar-refractivity contribution in [1.29, 1.82) is 0 Å². The van der Waals surface area contributed by atoms with E-state index in [2.05, 4.69) is 9.97 Å². The number of aromatic nitrogens is 4. The second-order valence-electron chi connectivity index (χ2n) is 7.25. The van der Waals surface area contributed by atoms with E-state index >= 15 is 0 Å². The minimum atomic E-state index is -3.56. The van der Waals surface area contributed by atoms with Crippen LogP contribution in [-0.4, -0.2) is 44.9 Å². The molecule has 140 valence electrons. The topological polar surface area (TPSA) is 90.1 Å². The largest absolute Gasteiger partial charge is 0.324 e. The summed E-state index contributed by atoms with van der Waals surface area (Å²) in [6, 6.07) is 1.65. The first-order valence-corrected chi connectivity index (χ1v) is 10.4. The number of sulfonamides is 1. The standard InChI is InChI=1S/C17H23N5O3S/c1-20-9-6-18-17(20)26(24,25)22-7-4-13(5-8-22)11-21-12-19-15(10-16(21)23)14-2-3-14/h6,9-10,12-14H,2-5,7-8,11H2,1H3. The molecule has 2 aliphatic rings. The van der Waals surface area contributed by atoms with Crippen LogP contribution in [0.3, 0.4) is 0 Å². The van der Waals surface area contributed by atoms with Gasteiger partial charge in [0, 0.05) is 51.1 Å². The second kappa shape index (κ2) is 6.62. The first-order valence-electron chi connectivity index (χ1n) is 8.99. The first kappa shape index (κ1) is 17.4. The fourth-order valence-corrected chi connectivity index (χ4v) is 5.05. The van der Waals surface area contributed by atoms with E-state index in [1.165, 1.54) is 15.1 Å². The lowest BCUT2D eigenvalue weighted by Gasteiger charge is -2.31. The fourth-order valence-electron chi connectivity index (χ4n) is 3.51. The summed E-state index contributed by atoms with van der Waals surface area (Å²) in [5.74, 6) is 0.742. The molecule has 1 aliphatic carbocycles. The summed E-state index contributed by atoms with van der Waals surface area (Å²) >= 11 is 0. The molecule has 8 nitrogen and oxygen atoms in total. The summed E-state index contributed by atoms with van der Waals surface area (Å²) in [7, 11) is -1.88. The molecule has 4 rings (SSSR count). The van der Waals surface area contributed by atoms with E-state index < -0.39 is 10.0 Å². The SMILES string of the molecule is Cn1ccnc1S(=O)(=O)N1CCC(Cn2cnc(C3CC3)cc2=O)CC1. The van der Waals surface area contributed by atoms with Gasteiger partial charge < -0.3 is 4.57 Å². The molecule has 0 unspecified atom stereocenters. The van der Waals surface area contributed by atoms with Crippen LogP contribution in [0.4, 0.5) is 0 Å². The minimum absolute atomic E-state index is 0.00929. The van der Waals surface area contributed by atoms with Crippen LogP contribution in [0.5, 0.6) is 0 Å². The predicted molar refractivity (Wildman–Crippen MR) is 95.2 cm³/mol. The Kier molecular flexibility index (Phi) is 4.44. The Morgan fingerprint density at radius 2 is 1.88 bits per heavy atom. The molecule has 1 aliphatic heterocycles. The molecule has 0 atom stereocenters. The molecule has 2 aromatic heterocycles. The zero-order valence-corrected chi connectivity index (χ0v) is 15.6. The maximum atomic E-state index is 12.7. The summed E-state index contributed by atoms with van der Waals surface area (Å²) in [6.07, 6.45) is 8.46. The Morgan fingerprint density at radius 1 is 1.15 bits per heavy atom. The molecule has 0 aromatic carbocycles. The van der Waals surface area contributed by atoms with Gasteiger partial charge in [-0.05, 0) is 31.6 Å². The van der Waals surface area contributed by atoms with Crippen LogP contribution >= 0.6 is 0 Å². The molecule has 26 heavy (non-hydrogen) atoms. The lowest BCUT2D eigenvalue weighted by atomic mass is 9.98. The monoisotopic (exact) mass is 377 g/mol. The Labute approximate surface area is 152 Å². The molecular weight excluding hydrogens is 354 g/mol. The molecule has 0 bridgehead atoms. The normalized spacial score (nSPS) is 19.7. The van der Waals surface area contributed by atoms with Gasteiger partial charge in [0.15, 0.2) is 0 Å². The van der Waals surface area contributed by atoms with Gasteiger partial charge in [0.1, 0.15) is 0 Å². The van der Waals surface area contributed by atoms with Crippen molar-refractivity contribution in [3.8, 4) is 0 Å². The number of rotatable bonds is 5. The van der Waals surface area contributed by atoms with Crippen molar-refractivity contribution in [1.82, 2.24) is 23.4 Å². The Hall–Kier alpha value is -2.00. The molecule has 3 heterocycles. The number of aryl methyl sites for hydroxylation is 1. The van der Waals surface area contributed by atoms with Crippen LogP contribution in [0.2, 0.25) is 0 Å². The van der Waals surface area contributed by atoms with E-state index in [0.717, 1.165) is 31.4 Å². The zero-order chi connectivity index (χ0) is 18.3. The van der Waals surface area contributed by atoms with Gasteiger partial charge >= 0.3 is 0 Å². The van der Waals surface area contributed by atoms with Crippen molar-refractivity contribution >= 4 is 10.0 Å². The first-order chi connectivity index (χ1) is 12.4. The molecule has 2 aromatic rings. The van der Waals surface area contributed by atoms with Crippen molar-refractivity contribution < 1.29 is 8.42 Å². The Bertz CT molecular complexity index is 953. The Balaban J connectivity index is 1.39. The Morgan fingerprint density at radius 3 is 2.46 bits per heavy atom. The summed E-state index contributed by atoms with van der Waals surface area (Å²) in [5.41, 5.74) is 0.896. The van der Waals surface area contributed by atoms with E-state index in [9.17, 15) is 13.2 Å². The van der Waals surface area contributed by atoms with Crippen molar-refractivity contribution in [3.63, 3.8) is 0 Å². The summed E-state index contributed by atoms with van der Waals surface area (Å²) in [6.45, 7) is 1.48. The van der Waals surface area contributed by atoms with Gasteiger partial charge in [0.25, 0.3) is 15.6 Å². The number of hydrogen-bond donors (Lipinski definition) is 0. The van der Waals surface area contributed by atoms with Gasteiger partial charge in [-0.1, -0.05) is 0 Å². The van der Waals surface area contributed by atoms with E-state index in [4.69, 9.17) is 0 Å². The van der Waals surface area contributed by atoms with Crippen LogP contribution in [0.15, 0.2) is 34.7 Å². The number of imidazole rings is 1. The number of piperidine rings is 1. The lowest BCUT2D eigenvalue weighted by molar-refractivity contribution is 0.249. The molecule has 2 fully saturated rings. The quantitative estimate of drug-likeness (QED) is 0.774. The van der Waals surface area contributed by atoms with Gasteiger partial charge in [0.05, 0.1) is 12.0 Å². The van der Waals surface area contributed by atoms with Gasteiger partial charge in [-0.3, -0.25) is 9.36 Å². The highest BCUT2D eigenvalue weighted by Crippen LogP contribution is 2.38. The molecule has 0 N–H and O–H groups in total. The van der Waals surface area contributed by atoms with Gasteiger partial charge in [-0.25, -0.2) is 18.4 Å². The fraction of sp³-hybridized carbons (Fsp3) is 0.588. The summed E-state index contributed by atoms with van der Waals surface area (Å²) < 4.78 is 30.0. The highest BCUT2D eigenvalue weighted by Gasteiger charge is 2.32. The molecule has 0 spiro atoms. The maximum Gasteiger partial charge on any atom is 0.276 e. The van der Waals surface area contributed by atoms with Crippen LogP contribution in [-0.2, 0) is 23.6 Å². The van der Waals surface area contributed by atoms with Gasteiger partial charge in [-0.2, -0.15) is 4.31 Å². The average Bonchev–Trinajstić information content (AvgIpc) is 3.38. The predicted octanol–water partition coefficient (Wildman–Crippen LogP) is 0.955. The van der Waals surface area contributed by atoms with Crippen LogP contribution < -0.4 is 5.56 Å². The van der Waals surface area contributed by atoms with E-state index in [-0.39, 0.29) is 16.6 Å².